The molecule has 1 aromatic carbocycles. The van der Waals surface area contributed by atoms with Gasteiger partial charge >= 0.3 is 0 Å². The molecule has 0 radical (unpaired) electrons. The van der Waals surface area contributed by atoms with Crippen molar-refractivity contribution in [2.45, 2.75) is 32.4 Å². The molecule has 0 saturated carbocycles. The molecule has 0 saturated heterocycles. The highest BCUT2D eigenvalue weighted by Crippen LogP contribution is 2.30. The zero-order valence-electron chi connectivity index (χ0n) is 9.91. The van der Waals surface area contributed by atoms with E-state index in [1.807, 2.05) is 6.07 Å². The van der Waals surface area contributed by atoms with Crippen LogP contribution in [0.4, 0.5) is 0 Å². The molecule has 0 spiro atoms. The van der Waals surface area contributed by atoms with Gasteiger partial charge in [-0.1, -0.05) is 17.7 Å². The second-order valence-electron chi connectivity index (χ2n) is 4.80. The van der Waals surface area contributed by atoms with E-state index in [0.717, 1.165) is 18.1 Å². The molecule has 2 N–H and O–H groups in total. The van der Waals surface area contributed by atoms with Crippen LogP contribution in [0.2, 0.25) is 5.02 Å². The quantitative estimate of drug-likeness (QED) is 0.858. The molecule has 88 valence electrons. The molecule has 1 aromatic rings. The van der Waals surface area contributed by atoms with Gasteiger partial charge in [0.25, 0.3) is 0 Å². The fourth-order valence-corrected chi connectivity index (χ4v) is 2.56. The van der Waals surface area contributed by atoms with Gasteiger partial charge in [-0.3, -0.25) is 4.90 Å². The van der Waals surface area contributed by atoms with Gasteiger partial charge in [-0.25, -0.2) is 0 Å². The number of hydrogen-bond acceptors (Lipinski definition) is 2. The minimum atomic E-state index is 0.448. The Balaban J connectivity index is 2.34. The Bertz CT molecular complexity index is 376. The third-order valence-corrected chi connectivity index (χ3v) is 3.62. The first-order valence-electron chi connectivity index (χ1n) is 5.84. The van der Waals surface area contributed by atoms with E-state index in [9.17, 15) is 0 Å². The molecule has 1 unspecified atom stereocenters. The van der Waals surface area contributed by atoms with Gasteiger partial charge in [-0.05, 0) is 37.1 Å². The normalized spacial score (nSPS) is 21.2. The number of nitrogens with two attached hydrogens (primary N) is 1. The van der Waals surface area contributed by atoms with Crippen molar-refractivity contribution in [1.82, 2.24) is 4.90 Å². The van der Waals surface area contributed by atoms with Gasteiger partial charge in [0.2, 0.25) is 0 Å². The Kier molecular flexibility index (Phi) is 3.53. The van der Waals surface area contributed by atoms with Crippen molar-refractivity contribution in [3.8, 4) is 0 Å². The lowest BCUT2D eigenvalue weighted by Crippen LogP contribution is -2.40. The summed E-state index contributed by atoms with van der Waals surface area (Å²) in [6, 6.07) is 6.73. The highest BCUT2D eigenvalue weighted by Gasteiger charge is 2.25. The summed E-state index contributed by atoms with van der Waals surface area (Å²) in [6.07, 6.45) is 0. The van der Waals surface area contributed by atoms with Gasteiger partial charge in [0, 0.05) is 36.6 Å². The van der Waals surface area contributed by atoms with Crippen molar-refractivity contribution < 1.29 is 0 Å². The summed E-state index contributed by atoms with van der Waals surface area (Å²) >= 11 is 6.05. The van der Waals surface area contributed by atoms with E-state index in [1.54, 1.807) is 0 Å². The molecule has 1 heterocycles. The first-order valence-corrected chi connectivity index (χ1v) is 6.22. The lowest BCUT2D eigenvalue weighted by molar-refractivity contribution is 0.185. The Hall–Kier alpha value is -0.570. The molecule has 1 aliphatic rings. The molecule has 1 atom stereocenters. The average Bonchev–Trinajstić information content (AvgIpc) is 2.26. The number of benzene rings is 1. The van der Waals surface area contributed by atoms with E-state index in [2.05, 4.69) is 30.9 Å². The van der Waals surface area contributed by atoms with Gasteiger partial charge in [-0.15, -0.1) is 0 Å². The predicted octanol–water partition coefficient (Wildman–Crippen LogP) is 2.61. The van der Waals surface area contributed by atoms with Crippen LogP contribution in [0.5, 0.6) is 0 Å². The Morgan fingerprint density at radius 2 is 2.25 bits per heavy atom. The van der Waals surface area contributed by atoms with Crippen molar-refractivity contribution in [3.63, 3.8) is 0 Å². The van der Waals surface area contributed by atoms with Crippen LogP contribution in [0.3, 0.4) is 0 Å². The lowest BCUT2D eigenvalue weighted by Gasteiger charge is -2.36. The SMILES string of the molecule is CC(C)N1Cc2cc(Cl)ccc2C(CN)C1. The number of halogens is 1. The molecule has 1 aliphatic heterocycles. The Labute approximate surface area is 102 Å². The smallest absolute Gasteiger partial charge is 0.0409 e. The third-order valence-electron chi connectivity index (χ3n) is 3.39. The second-order valence-corrected chi connectivity index (χ2v) is 5.24. The van der Waals surface area contributed by atoms with Crippen LogP contribution in [0.25, 0.3) is 0 Å². The van der Waals surface area contributed by atoms with E-state index in [1.165, 1.54) is 11.1 Å². The molecule has 2 nitrogen and oxygen atoms in total. The molecule has 0 bridgehead atoms. The fraction of sp³-hybridized carbons (Fsp3) is 0.538. The average molecular weight is 239 g/mol. The summed E-state index contributed by atoms with van der Waals surface area (Å²) in [4.78, 5) is 2.45. The molecular formula is C13H19ClN2. The monoisotopic (exact) mass is 238 g/mol. The van der Waals surface area contributed by atoms with Crippen molar-refractivity contribution in [1.29, 1.82) is 0 Å². The van der Waals surface area contributed by atoms with Gasteiger partial charge in [0.1, 0.15) is 0 Å². The lowest BCUT2D eigenvalue weighted by atomic mass is 9.89. The largest absolute Gasteiger partial charge is 0.330 e. The zero-order valence-corrected chi connectivity index (χ0v) is 10.7. The number of fused-ring (bicyclic) bond motifs is 1. The minimum absolute atomic E-state index is 0.448. The van der Waals surface area contributed by atoms with Gasteiger partial charge in [0.15, 0.2) is 0 Å². The maximum absolute atomic E-state index is 6.05. The van der Waals surface area contributed by atoms with E-state index in [-0.39, 0.29) is 0 Å². The van der Waals surface area contributed by atoms with Crippen molar-refractivity contribution in [3.05, 3.63) is 34.3 Å². The van der Waals surface area contributed by atoms with Gasteiger partial charge in [-0.2, -0.15) is 0 Å². The zero-order chi connectivity index (χ0) is 11.7. The number of nitrogens with zero attached hydrogens (tertiary/aromatic N) is 1. The summed E-state index contributed by atoms with van der Waals surface area (Å²) in [7, 11) is 0. The van der Waals surface area contributed by atoms with Crippen LogP contribution in [0.15, 0.2) is 18.2 Å². The molecule has 2 rings (SSSR count). The van der Waals surface area contributed by atoms with E-state index in [4.69, 9.17) is 17.3 Å². The van der Waals surface area contributed by atoms with E-state index in [0.29, 0.717) is 18.5 Å². The third kappa shape index (κ3) is 2.24. The fourth-order valence-electron chi connectivity index (χ4n) is 2.37. The highest BCUT2D eigenvalue weighted by atomic mass is 35.5. The predicted molar refractivity (Wildman–Crippen MR) is 68.8 cm³/mol. The number of hydrogen-bond donors (Lipinski definition) is 1. The topological polar surface area (TPSA) is 29.3 Å². The van der Waals surface area contributed by atoms with E-state index < -0.39 is 0 Å². The Morgan fingerprint density at radius 1 is 1.50 bits per heavy atom. The van der Waals surface area contributed by atoms with Gasteiger partial charge < -0.3 is 5.73 Å². The molecular weight excluding hydrogens is 220 g/mol. The molecule has 0 aliphatic carbocycles. The van der Waals surface area contributed by atoms with Crippen molar-refractivity contribution >= 4 is 11.6 Å². The molecule has 3 heteroatoms. The summed E-state index contributed by atoms with van der Waals surface area (Å²) in [6.45, 7) is 7.21. The Morgan fingerprint density at radius 3 is 2.88 bits per heavy atom. The van der Waals surface area contributed by atoms with E-state index >= 15 is 0 Å². The van der Waals surface area contributed by atoms with Crippen LogP contribution in [0.1, 0.15) is 30.9 Å². The minimum Gasteiger partial charge on any atom is -0.330 e. The first kappa shape index (κ1) is 11.9. The molecule has 0 fully saturated rings. The maximum atomic E-state index is 6.05. The highest BCUT2D eigenvalue weighted by molar-refractivity contribution is 6.30. The van der Waals surface area contributed by atoms with Crippen LogP contribution in [0, 0.1) is 0 Å². The summed E-state index contributed by atoms with van der Waals surface area (Å²) in [5, 5.41) is 0.820. The van der Waals surface area contributed by atoms with Crippen LogP contribution >= 0.6 is 11.6 Å². The summed E-state index contributed by atoms with van der Waals surface area (Å²) < 4.78 is 0. The summed E-state index contributed by atoms with van der Waals surface area (Å²) in [5.41, 5.74) is 8.57. The maximum Gasteiger partial charge on any atom is 0.0409 e. The molecule has 0 amide bonds. The number of rotatable bonds is 2. The van der Waals surface area contributed by atoms with Crippen LogP contribution < -0.4 is 5.73 Å². The molecule has 16 heavy (non-hydrogen) atoms. The van der Waals surface area contributed by atoms with Crippen LogP contribution in [-0.4, -0.2) is 24.0 Å². The molecule has 0 aromatic heterocycles. The summed E-state index contributed by atoms with van der Waals surface area (Å²) in [5.74, 6) is 0.448. The first-order chi connectivity index (χ1) is 7.61. The standard InChI is InChI=1S/C13H19ClN2/c1-9(2)16-7-10-5-12(14)3-4-13(10)11(6-15)8-16/h3-5,9,11H,6-8,15H2,1-2H3. The second kappa shape index (κ2) is 4.74. The van der Waals surface area contributed by atoms with Crippen molar-refractivity contribution in [2.75, 3.05) is 13.1 Å². The van der Waals surface area contributed by atoms with Gasteiger partial charge in [0.05, 0.1) is 0 Å². The van der Waals surface area contributed by atoms with Crippen LogP contribution in [-0.2, 0) is 6.54 Å². The van der Waals surface area contributed by atoms with Crippen molar-refractivity contribution in [2.24, 2.45) is 5.73 Å².